The van der Waals surface area contributed by atoms with E-state index in [0.717, 1.165) is 4.57 Å². The van der Waals surface area contributed by atoms with Gasteiger partial charge in [-0.05, 0) is 12.5 Å². The highest BCUT2D eigenvalue weighted by Gasteiger charge is 2.17. The van der Waals surface area contributed by atoms with Gasteiger partial charge in [-0.2, -0.15) is 4.98 Å². The highest BCUT2D eigenvalue weighted by molar-refractivity contribution is 5.93. The van der Waals surface area contributed by atoms with E-state index in [1.54, 1.807) is 0 Å². The van der Waals surface area contributed by atoms with Gasteiger partial charge in [0.15, 0.2) is 0 Å². The van der Waals surface area contributed by atoms with Crippen molar-refractivity contribution in [2.45, 2.75) is 31.7 Å². The molecule has 0 aliphatic heterocycles. The molecule has 11 heteroatoms. The lowest BCUT2D eigenvalue weighted by atomic mass is 10.2. The molecular weight excluding hydrogens is 324 g/mol. The summed E-state index contributed by atoms with van der Waals surface area (Å²) in [6, 6.07) is -0.0182. The van der Waals surface area contributed by atoms with E-state index in [0.29, 0.717) is 0 Å². The third-order valence-electron chi connectivity index (χ3n) is 2.97. The predicted octanol–water partition coefficient (Wildman–Crippen LogP) is -2.30. The van der Waals surface area contributed by atoms with Gasteiger partial charge in [0.25, 0.3) is 0 Å². The molecule has 2 atom stereocenters. The van der Waals surface area contributed by atoms with Crippen molar-refractivity contribution < 1.29 is 29.6 Å². The summed E-state index contributed by atoms with van der Waals surface area (Å²) in [6.07, 6.45) is 0.466. The summed E-state index contributed by atoms with van der Waals surface area (Å²) in [5.74, 6) is -2.05. The van der Waals surface area contributed by atoms with E-state index in [2.05, 4.69) is 10.3 Å². The average molecular weight is 344 g/mol. The van der Waals surface area contributed by atoms with Gasteiger partial charge in [0.2, 0.25) is 5.91 Å². The number of hydrogen-bond acceptors (Lipinski definition) is 8. The number of ether oxygens (including phenoxy) is 1. The van der Waals surface area contributed by atoms with Gasteiger partial charge in [-0.3, -0.25) is 14.2 Å². The van der Waals surface area contributed by atoms with Crippen molar-refractivity contribution in [3.05, 3.63) is 22.7 Å². The molecule has 1 heterocycles. The molecule has 0 saturated heterocycles. The van der Waals surface area contributed by atoms with Gasteiger partial charge in [-0.1, -0.05) is 0 Å². The second-order valence-electron chi connectivity index (χ2n) is 4.87. The molecular formula is C13H20N4O7. The van der Waals surface area contributed by atoms with Crippen molar-refractivity contribution in [1.82, 2.24) is 9.55 Å². The van der Waals surface area contributed by atoms with Crippen LogP contribution < -0.4 is 16.7 Å². The van der Waals surface area contributed by atoms with Crippen LogP contribution in [0.15, 0.2) is 17.1 Å². The summed E-state index contributed by atoms with van der Waals surface area (Å²) >= 11 is 0. The highest BCUT2D eigenvalue weighted by Crippen LogP contribution is 2.02. The zero-order valence-corrected chi connectivity index (χ0v) is 12.8. The Kier molecular flexibility index (Phi) is 7.98. The van der Waals surface area contributed by atoms with Crippen LogP contribution in [0.3, 0.4) is 0 Å². The van der Waals surface area contributed by atoms with Crippen molar-refractivity contribution >= 4 is 17.7 Å². The maximum Gasteiger partial charge on any atom is 0.351 e. The molecule has 0 aromatic carbocycles. The van der Waals surface area contributed by atoms with Gasteiger partial charge in [0.05, 0.1) is 19.1 Å². The largest absolute Gasteiger partial charge is 0.480 e. The number of aliphatic hydroxyl groups is 2. The van der Waals surface area contributed by atoms with Crippen LogP contribution in [0.1, 0.15) is 12.8 Å². The number of carbonyl (C=O) groups is 2. The Bertz CT molecular complexity index is 619. The Morgan fingerprint density at radius 1 is 1.42 bits per heavy atom. The first-order chi connectivity index (χ1) is 11.4. The second kappa shape index (κ2) is 9.72. The molecule has 0 spiro atoms. The van der Waals surface area contributed by atoms with E-state index in [-0.39, 0.29) is 32.2 Å². The van der Waals surface area contributed by atoms with Crippen LogP contribution in [0.2, 0.25) is 0 Å². The Morgan fingerprint density at radius 2 is 2.12 bits per heavy atom. The van der Waals surface area contributed by atoms with E-state index >= 15 is 0 Å². The minimum Gasteiger partial charge on any atom is -0.480 e. The maximum atomic E-state index is 11.8. The summed E-state index contributed by atoms with van der Waals surface area (Å²) in [5.41, 5.74) is 4.52. The topological polar surface area (TPSA) is 177 Å². The number of nitrogens with zero attached hydrogens (tertiary/aromatic N) is 2. The Morgan fingerprint density at radius 3 is 2.67 bits per heavy atom. The monoisotopic (exact) mass is 344 g/mol. The molecule has 1 rings (SSSR count). The van der Waals surface area contributed by atoms with Gasteiger partial charge < -0.3 is 31.1 Å². The van der Waals surface area contributed by atoms with Gasteiger partial charge >= 0.3 is 11.7 Å². The second-order valence-corrected chi connectivity index (χ2v) is 4.87. The Labute approximate surface area is 136 Å². The fourth-order valence-electron chi connectivity index (χ4n) is 1.63. The quantitative estimate of drug-likeness (QED) is 0.312. The van der Waals surface area contributed by atoms with Gasteiger partial charge in [0.1, 0.15) is 18.6 Å². The number of amides is 1. The smallest absolute Gasteiger partial charge is 0.351 e. The highest BCUT2D eigenvalue weighted by atomic mass is 16.5. The molecule has 0 radical (unpaired) electrons. The van der Waals surface area contributed by atoms with Gasteiger partial charge in [-0.25, -0.2) is 4.79 Å². The van der Waals surface area contributed by atoms with Crippen LogP contribution >= 0.6 is 0 Å². The van der Waals surface area contributed by atoms with Crippen molar-refractivity contribution in [2.75, 3.05) is 18.5 Å². The summed E-state index contributed by atoms with van der Waals surface area (Å²) < 4.78 is 6.34. The zero-order chi connectivity index (χ0) is 18.1. The van der Waals surface area contributed by atoms with Crippen LogP contribution in [-0.2, 0) is 21.1 Å². The fourth-order valence-corrected chi connectivity index (χ4v) is 1.63. The third-order valence-corrected chi connectivity index (χ3v) is 2.97. The third kappa shape index (κ3) is 6.42. The summed E-state index contributed by atoms with van der Waals surface area (Å²) in [4.78, 5) is 37.5. The number of carbonyl (C=O) groups excluding carboxylic acids is 1. The number of rotatable bonds is 10. The first kappa shape index (κ1) is 19.7. The number of nitrogens with two attached hydrogens (primary N) is 1. The van der Waals surface area contributed by atoms with Gasteiger partial charge in [0, 0.05) is 12.8 Å². The number of aliphatic carboxylic acids is 1. The van der Waals surface area contributed by atoms with Crippen molar-refractivity contribution in [3.8, 4) is 0 Å². The molecule has 1 unspecified atom stereocenters. The van der Waals surface area contributed by atoms with Crippen molar-refractivity contribution in [3.63, 3.8) is 0 Å². The summed E-state index contributed by atoms with van der Waals surface area (Å²) in [5, 5.41) is 28.7. The zero-order valence-electron chi connectivity index (χ0n) is 12.8. The van der Waals surface area contributed by atoms with Crippen LogP contribution in [-0.4, -0.2) is 62.1 Å². The van der Waals surface area contributed by atoms with Crippen LogP contribution in [0.5, 0.6) is 0 Å². The molecule has 1 amide bonds. The minimum absolute atomic E-state index is 0.0482. The number of carboxylic acids is 1. The number of aromatic nitrogens is 2. The van der Waals surface area contributed by atoms with Crippen molar-refractivity contribution in [2.24, 2.45) is 5.73 Å². The lowest BCUT2D eigenvalue weighted by Gasteiger charge is -2.15. The van der Waals surface area contributed by atoms with Crippen LogP contribution in [0.25, 0.3) is 0 Å². The molecule has 0 fully saturated rings. The van der Waals surface area contributed by atoms with E-state index in [1.807, 2.05) is 0 Å². The number of nitrogens with one attached hydrogen (secondary N) is 1. The van der Waals surface area contributed by atoms with Gasteiger partial charge in [-0.15, -0.1) is 0 Å². The normalized spacial score (nSPS) is 13.3. The van der Waals surface area contributed by atoms with E-state index in [1.165, 1.54) is 12.3 Å². The molecule has 0 aliphatic carbocycles. The molecule has 0 aliphatic rings. The number of carboxylic acid groups (broad SMARTS) is 1. The fraction of sp³-hybridized carbons (Fsp3) is 0.538. The average Bonchev–Trinajstić information content (AvgIpc) is 2.52. The number of anilines is 1. The van der Waals surface area contributed by atoms with E-state index < -0.39 is 36.1 Å². The Hall–Kier alpha value is -2.34. The molecule has 24 heavy (non-hydrogen) atoms. The van der Waals surface area contributed by atoms with Crippen LogP contribution in [0, 0.1) is 0 Å². The molecule has 0 bridgehead atoms. The SMILES string of the molecule is NC(CC(=O)Nc1ccn(CO[C@H](CO)CCO)c(=O)n1)C(=O)O. The molecule has 1 aromatic rings. The molecule has 0 saturated carbocycles. The number of aliphatic hydroxyl groups excluding tert-OH is 2. The standard InChI is InChI=1S/C13H20N4O7/c14-9(12(21)22)5-11(20)15-10-1-3-17(13(23)16-10)7-24-8(6-19)2-4-18/h1,3,8-9,18-19H,2,4-7,14H2,(H,21,22)(H,15,16,20,23)/t8-,9?/m0/s1. The van der Waals surface area contributed by atoms with Crippen molar-refractivity contribution in [1.29, 1.82) is 0 Å². The minimum atomic E-state index is -1.35. The first-order valence-electron chi connectivity index (χ1n) is 7.06. The lowest BCUT2D eigenvalue weighted by Crippen LogP contribution is -2.35. The maximum absolute atomic E-state index is 11.8. The summed E-state index contributed by atoms with van der Waals surface area (Å²) in [7, 11) is 0. The molecule has 6 N–H and O–H groups in total. The first-order valence-corrected chi connectivity index (χ1v) is 7.06. The molecule has 1 aromatic heterocycles. The van der Waals surface area contributed by atoms with Crippen LogP contribution in [0.4, 0.5) is 5.82 Å². The predicted molar refractivity (Wildman–Crippen MR) is 81.0 cm³/mol. The molecule has 134 valence electrons. The van der Waals surface area contributed by atoms with E-state index in [9.17, 15) is 14.4 Å². The Balaban J connectivity index is 2.62. The number of hydrogen-bond donors (Lipinski definition) is 5. The van der Waals surface area contributed by atoms with E-state index in [4.69, 9.17) is 25.8 Å². The summed E-state index contributed by atoms with van der Waals surface area (Å²) in [6.45, 7) is -0.655. The molecule has 11 nitrogen and oxygen atoms in total. The lowest BCUT2D eigenvalue weighted by molar-refractivity contribution is -0.140.